The number of methoxy groups -OCH3 is 1. The van der Waals surface area contributed by atoms with E-state index < -0.39 is 0 Å². The lowest BCUT2D eigenvalue weighted by Gasteiger charge is -2.31. The normalized spacial score (nSPS) is 14.2. The van der Waals surface area contributed by atoms with Crippen molar-refractivity contribution >= 4 is 16.7 Å². The molecular formula is C18H21N5O2. The van der Waals surface area contributed by atoms with Gasteiger partial charge in [-0.05, 0) is 26.0 Å². The molecule has 0 fully saturated rings. The number of benzene rings is 1. The summed E-state index contributed by atoms with van der Waals surface area (Å²) in [6.07, 6.45) is 1.63. The minimum Gasteiger partial charge on any atom is -0.495 e. The highest BCUT2D eigenvalue weighted by atomic mass is 16.5. The van der Waals surface area contributed by atoms with E-state index in [0.717, 1.165) is 23.8 Å². The third kappa shape index (κ3) is 2.47. The molecule has 0 saturated heterocycles. The zero-order valence-electron chi connectivity index (χ0n) is 14.6. The summed E-state index contributed by atoms with van der Waals surface area (Å²) in [5, 5.41) is 4.92. The van der Waals surface area contributed by atoms with Gasteiger partial charge in [-0.2, -0.15) is 5.10 Å². The maximum Gasteiger partial charge on any atom is 0.264 e. The quantitative estimate of drug-likeness (QED) is 0.732. The van der Waals surface area contributed by atoms with E-state index in [1.807, 2.05) is 38.1 Å². The van der Waals surface area contributed by atoms with Crippen LogP contribution >= 0.6 is 0 Å². The number of fused-ring (bicyclic) bond motifs is 2. The number of ether oxygens (including phenoxy) is 1. The number of nitrogens with zero attached hydrogens (tertiary/aromatic N) is 5. The van der Waals surface area contributed by atoms with Crippen LogP contribution in [0.4, 0.5) is 5.69 Å². The maximum absolute atomic E-state index is 12.8. The molecule has 1 aromatic carbocycles. The summed E-state index contributed by atoms with van der Waals surface area (Å²) in [6.45, 7) is 5.97. The van der Waals surface area contributed by atoms with Crippen LogP contribution in [0.25, 0.3) is 11.0 Å². The minimum atomic E-state index is -0.00780. The zero-order chi connectivity index (χ0) is 17.6. The summed E-state index contributed by atoms with van der Waals surface area (Å²) in [7, 11) is 1.67. The summed E-state index contributed by atoms with van der Waals surface area (Å²) in [5.74, 6) is 1.59. The summed E-state index contributed by atoms with van der Waals surface area (Å²) in [4.78, 5) is 19.8. The molecule has 7 nitrogen and oxygen atoms in total. The van der Waals surface area contributed by atoms with Crippen molar-refractivity contribution in [3.05, 3.63) is 46.6 Å². The molecule has 1 aliphatic rings. The van der Waals surface area contributed by atoms with Gasteiger partial charge in [0.15, 0.2) is 5.65 Å². The number of hydrogen-bond donors (Lipinski definition) is 0. The summed E-state index contributed by atoms with van der Waals surface area (Å²) in [5.41, 5.74) is 1.67. The first kappa shape index (κ1) is 15.7. The standard InChI is InChI=1S/C18H21N5O2/c1-12(2)23-17-13(10-19-23)18(24)22-9-8-21(11-16(22)20-17)14-6-4-5-7-15(14)25-3/h4-7,10,12H,8-9,11H2,1-3H3. The number of para-hydroxylation sites is 2. The topological polar surface area (TPSA) is 65.2 Å². The molecule has 0 atom stereocenters. The van der Waals surface area contributed by atoms with Crippen LogP contribution < -0.4 is 15.2 Å². The Balaban J connectivity index is 1.80. The van der Waals surface area contributed by atoms with Crippen LogP contribution in [0.15, 0.2) is 35.3 Å². The lowest BCUT2D eigenvalue weighted by molar-refractivity contribution is 0.412. The monoisotopic (exact) mass is 339 g/mol. The molecule has 0 N–H and O–H groups in total. The highest BCUT2D eigenvalue weighted by Gasteiger charge is 2.23. The third-order valence-electron chi connectivity index (χ3n) is 4.63. The van der Waals surface area contributed by atoms with Crippen molar-refractivity contribution in [2.75, 3.05) is 18.6 Å². The molecule has 0 saturated carbocycles. The lowest BCUT2D eigenvalue weighted by Crippen LogP contribution is -2.40. The molecule has 0 amide bonds. The smallest absolute Gasteiger partial charge is 0.264 e. The Hall–Kier alpha value is -2.83. The van der Waals surface area contributed by atoms with Gasteiger partial charge in [-0.3, -0.25) is 9.36 Å². The molecule has 25 heavy (non-hydrogen) atoms. The molecule has 3 heterocycles. The van der Waals surface area contributed by atoms with Gasteiger partial charge in [0.1, 0.15) is 17.0 Å². The Labute approximate surface area is 145 Å². The molecule has 1 aliphatic heterocycles. The molecule has 0 bridgehead atoms. The van der Waals surface area contributed by atoms with E-state index in [9.17, 15) is 4.79 Å². The minimum absolute atomic E-state index is 0.00780. The molecule has 0 spiro atoms. The van der Waals surface area contributed by atoms with Crippen molar-refractivity contribution in [3.8, 4) is 5.75 Å². The van der Waals surface area contributed by atoms with E-state index in [2.05, 4.69) is 10.00 Å². The number of hydrogen-bond acceptors (Lipinski definition) is 5. The van der Waals surface area contributed by atoms with Crippen molar-refractivity contribution in [1.29, 1.82) is 0 Å². The largest absolute Gasteiger partial charge is 0.495 e. The first-order valence-corrected chi connectivity index (χ1v) is 8.45. The molecule has 0 radical (unpaired) electrons. The van der Waals surface area contributed by atoms with Gasteiger partial charge in [-0.1, -0.05) is 12.1 Å². The Bertz CT molecular complexity index is 989. The Morgan fingerprint density at radius 1 is 1.20 bits per heavy atom. The van der Waals surface area contributed by atoms with E-state index in [0.29, 0.717) is 24.1 Å². The van der Waals surface area contributed by atoms with E-state index >= 15 is 0 Å². The fourth-order valence-electron chi connectivity index (χ4n) is 3.36. The van der Waals surface area contributed by atoms with Crippen LogP contribution in [-0.2, 0) is 13.1 Å². The molecule has 0 unspecified atom stereocenters. The van der Waals surface area contributed by atoms with Gasteiger partial charge in [0, 0.05) is 19.1 Å². The predicted octanol–water partition coefficient (Wildman–Crippen LogP) is 2.20. The molecular weight excluding hydrogens is 318 g/mol. The SMILES string of the molecule is COc1ccccc1N1CCn2c(nc3c(cnn3C(C)C)c2=O)C1. The van der Waals surface area contributed by atoms with Crippen LogP contribution in [0.2, 0.25) is 0 Å². The van der Waals surface area contributed by atoms with Crippen molar-refractivity contribution in [2.24, 2.45) is 0 Å². The van der Waals surface area contributed by atoms with Crippen LogP contribution in [0.3, 0.4) is 0 Å². The predicted molar refractivity (Wildman–Crippen MR) is 96.2 cm³/mol. The second-order valence-electron chi connectivity index (χ2n) is 6.50. The highest BCUT2D eigenvalue weighted by Crippen LogP contribution is 2.30. The van der Waals surface area contributed by atoms with E-state index in [4.69, 9.17) is 9.72 Å². The molecule has 0 aliphatic carbocycles. The van der Waals surface area contributed by atoms with Crippen molar-refractivity contribution in [1.82, 2.24) is 19.3 Å². The van der Waals surface area contributed by atoms with E-state index in [1.54, 1.807) is 22.6 Å². The Kier molecular flexibility index (Phi) is 3.71. The second kappa shape index (κ2) is 5.91. The molecule has 2 aromatic heterocycles. The fraction of sp³-hybridized carbons (Fsp3) is 0.389. The van der Waals surface area contributed by atoms with Gasteiger partial charge < -0.3 is 9.64 Å². The van der Waals surface area contributed by atoms with Crippen LogP contribution in [0.1, 0.15) is 25.7 Å². The fourth-order valence-corrected chi connectivity index (χ4v) is 3.36. The third-order valence-corrected chi connectivity index (χ3v) is 4.63. The summed E-state index contributed by atoms with van der Waals surface area (Å²) >= 11 is 0. The number of rotatable bonds is 3. The average Bonchev–Trinajstić information content (AvgIpc) is 3.05. The zero-order valence-corrected chi connectivity index (χ0v) is 14.6. The molecule has 4 rings (SSSR count). The number of aromatic nitrogens is 4. The van der Waals surface area contributed by atoms with Gasteiger partial charge in [-0.15, -0.1) is 0 Å². The molecule has 3 aromatic rings. The first-order chi connectivity index (χ1) is 12.1. The average molecular weight is 339 g/mol. The van der Waals surface area contributed by atoms with Crippen LogP contribution in [-0.4, -0.2) is 33.0 Å². The van der Waals surface area contributed by atoms with Crippen LogP contribution in [0, 0.1) is 0 Å². The lowest BCUT2D eigenvalue weighted by atomic mass is 10.2. The van der Waals surface area contributed by atoms with Crippen molar-refractivity contribution in [2.45, 2.75) is 33.0 Å². The molecule has 7 heteroatoms. The van der Waals surface area contributed by atoms with Crippen LogP contribution in [0.5, 0.6) is 5.75 Å². The van der Waals surface area contributed by atoms with Crippen molar-refractivity contribution in [3.63, 3.8) is 0 Å². The van der Waals surface area contributed by atoms with Gasteiger partial charge >= 0.3 is 0 Å². The number of anilines is 1. The van der Waals surface area contributed by atoms with Gasteiger partial charge in [0.25, 0.3) is 5.56 Å². The molecule has 130 valence electrons. The van der Waals surface area contributed by atoms with Crippen molar-refractivity contribution < 1.29 is 4.74 Å². The maximum atomic E-state index is 12.8. The van der Waals surface area contributed by atoms with E-state index in [1.165, 1.54) is 0 Å². The van der Waals surface area contributed by atoms with Gasteiger partial charge in [-0.25, -0.2) is 9.67 Å². The van der Waals surface area contributed by atoms with Gasteiger partial charge in [0.2, 0.25) is 0 Å². The summed E-state index contributed by atoms with van der Waals surface area (Å²) in [6, 6.07) is 8.07. The highest BCUT2D eigenvalue weighted by molar-refractivity contribution is 5.73. The first-order valence-electron chi connectivity index (χ1n) is 8.45. The Morgan fingerprint density at radius 3 is 2.76 bits per heavy atom. The van der Waals surface area contributed by atoms with Gasteiger partial charge in [0.05, 0.1) is 25.5 Å². The van der Waals surface area contributed by atoms with E-state index in [-0.39, 0.29) is 11.6 Å². The second-order valence-corrected chi connectivity index (χ2v) is 6.50. The summed E-state index contributed by atoms with van der Waals surface area (Å²) < 4.78 is 9.04. The Morgan fingerprint density at radius 2 is 2.00 bits per heavy atom.